The summed E-state index contributed by atoms with van der Waals surface area (Å²) in [6, 6.07) is 38.7. The summed E-state index contributed by atoms with van der Waals surface area (Å²) in [5, 5.41) is 7.41. The number of nitrogens with one attached hydrogen (secondary N) is 2. The zero-order chi connectivity index (χ0) is 44.9. The highest BCUT2D eigenvalue weighted by Crippen LogP contribution is 2.29. The van der Waals surface area contributed by atoms with E-state index in [9.17, 15) is 18.4 Å². The van der Waals surface area contributed by atoms with Crippen molar-refractivity contribution in [2.24, 2.45) is 0 Å². The minimum Gasteiger partial charge on any atom is -0.462 e. The van der Waals surface area contributed by atoms with Crippen molar-refractivity contribution >= 4 is 35.0 Å². The second kappa shape index (κ2) is 21.8. The van der Waals surface area contributed by atoms with Crippen molar-refractivity contribution in [3.8, 4) is 11.8 Å². The number of hydrogen-bond donors (Lipinski definition) is 2. The predicted molar refractivity (Wildman–Crippen MR) is 242 cm³/mol. The highest BCUT2D eigenvalue weighted by Gasteiger charge is 2.35. The van der Waals surface area contributed by atoms with Crippen LogP contribution in [0.4, 0.5) is 8.78 Å². The van der Waals surface area contributed by atoms with Gasteiger partial charge in [0.1, 0.15) is 11.6 Å². The fraction of sp³-hybridized carbons (Fsp3) is 0.280. The van der Waals surface area contributed by atoms with Crippen LogP contribution in [0.2, 0.25) is 10.0 Å². The van der Waals surface area contributed by atoms with E-state index < -0.39 is 34.8 Å². The van der Waals surface area contributed by atoms with E-state index in [4.69, 9.17) is 32.7 Å². The lowest BCUT2D eigenvalue weighted by atomic mass is 9.86. The Kier molecular flexibility index (Phi) is 16.6. The first-order valence-electron chi connectivity index (χ1n) is 20.3. The fourth-order valence-electron chi connectivity index (χ4n) is 6.80. The molecule has 8 nitrogen and oxygen atoms in total. The number of amides is 2. The number of carbonyl (C=O) groups excluding carboxylic acids is 2. The van der Waals surface area contributed by atoms with Crippen LogP contribution in [0.1, 0.15) is 75.6 Å². The van der Waals surface area contributed by atoms with Gasteiger partial charge in [-0.15, -0.1) is 0 Å². The predicted octanol–water partition coefficient (Wildman–Crippen LogP) is 11.1. The van der Waals surface area contributed by atoms with Gasteiger partial charge < -0.3 is 20.1 Å². The Morgan fingerprint density at radius 3 is 1.34 bits per heavy atom. The Balaban J connectivity index is 0.000000235. The molecule has 4 aromatic carbocycles. The minimum absolute atomic E-state index is 0.0991. The molecule has 6 aromatic rings. The van der Waals surface area contributed by atoms with Gasteiger partial charge in [-0.25, -0.2) is 18.7 Å². The maximum atomic E-state index is 14.0. The maximum absolute atomic E-state index is 14.0. The molecule has 4 unspecified atom stereocenters. The van der Waals surface area contributed by atoms with E-state index in [1.54, 1.807) is 83.4 Å². The molecule has 324 valence electrons. The van der Waals surface area contributed by atoms with Crippen molar-refractivity contribution in [1.29, 1.82) is 0 Å². The van der Waals surface area contributed by atoms with Gasteiger partial charge in [0.25, 0.3) is 11.8 Å². The van der Waals surface area contributed by atoms with Crippen molar-refractivity contribution in [2.75, 3.05) is 0 Å². The summed E-state index contributed by atoms with van der Waals surface area (Å²) in [5.74, 6) is -1.43. The monoisotopic (exact) mass is 880 g/mol. The normalized spacial score (nSPS) is 13.3. The van der Waals surface area contributed by atoms with E-state index in [0.717, 1.165) is 18.1 Å². The number of pyridine rings is 2. The average Bonchev–Trinajstić information content (AvgIpc) is 3.23. The van der Waals surface area contributed by atoms with Crippen molar-refractivity contribution < 1.29 is 27.8 Å². The molecule has 12 heteroatoms. The fourth-order valence-corrected chi connectivity index (χ4v) is 7.05. The zero-order valence-electron chi connectivity index (χ0n) is 35.6. The molecule has 0 bridgehead atoms. The molecule has 0 spiro atoms. The number of nitrogens with zero attached hydrogens (tertiary/aromatic N) is 2. The number of carbonyl (C=O) groups is 2. The lowest BCUT2D eigenvalue weighted by Gasteiger charge is -2.30. The van der Waals surface area contributed by atoms with Crippen molar-refractivity contribution in [1.82, 2.24) is 20.6 Å². The maximum Gasteiger partial charge on any atom is 0.263 e. The van der Waals surface area contributed by atoms with Gasteiger partial charge in [0.05, 0.1) is 0 Å². The van der Waals surface area contributed by atoms with Gasteiger partial charge in [0.15, 0.2) is 11.2 Å². The third kappa shape index (κ3) is 14.1. The number of halogens is 4. The van der Waals surface area contributed by atoms with E-state index in [1.165, 1.54) is 23.3 Å². The second-order valence-corrected chi connectivity index (χ2v) is 16.9. The first-order chi connectivity index (χ1) is 29.5. The van der Waals surface area contributed by atoms with Gasteiger partial charge in [0, 0.05) is 64.6 Å². The molecule has 2 amide bonds. The van der Waals surface area contributed by atoms with Crippen LogP contribution in [0.5, 0.6) is 11.8 Å². The van der Waals surface area contributed by atoms with Crippen molar-refractivity contribution in [3.63, 3.8) is 0 Å². The Morgan fingerprint density at radius 2 is 0.952 bits per heavy atom. The van der Waals surface area contributed by atoms with Crippen LogP contribution in [0.15, 0.2) is 146 Å². The molecule has 4 atom stereocenters. The molecule has 2 N–H and O–H groups in total. The lowest BCUT2D eigenvalue weighted by molar-refractivity contribution is -0.135. The molecule has 0 aliphatic rings. The summed E-state index contributed by atoms with van der Waals surface area (Å²) < 4.78 is 39.5. The molecule has 0 radical (unpaired) electrons. The van der Waals surface area contributed by atoms with Crippen LogP contribution in [0.25, 0.3) is 0 Å². The van der Waals surface area contributed by atoms with Crippen LogP contribution in [-0.4, -0.2) is 45.1 Å². The largest absolute Gasteiger partial charge is 0.462 e. The molecule has 0 aliphatic carbocycles. The van der Waals surface area contributed by atoms with Crippen molar-refractivity contribution in [3.05, 3.63) is 190 Å². The highest BCUT2D eigenvalue weighted by atomic mass is 35.5. The minimum atomic E-state index is -1.21. The molecular weight excluding hydrogens is 829 g/mol. The van der Waals surface area contributed by atoms with Gasteiger partial charge in [-0.2, -0.15) is 0 Å². The topological polar surface area (TPSA) is 102 Å². The van der Waals surface area contributed by atoms with E-state index >= 15 is 0 Å². The summed E-state index contributed by atoms with van der Waals surface area (Å²) in [4.78, 5) is 34.3. The van der Waals surface area contributed by atoms with E-state index in [2.05, 4.69) is 32.7 Å². The summed E-state index contributed by atoms with van der Waals surface area (Å²) in [5.41, 5.74) is 1.45. The molecule has 2 heterocycles. The Bertz CT molecular complexity index is 2320. The first-order valence-corrected chi connectivity index (χ1v) is 21.1. The number of rotatable bonds is 16. The second-order valence-electron chi connectivity index (χ2n) is 16.1. The molecule has 0 saturated carbocycles. The zero-order valence-corrected chi connectivity index (χ0v) is 37.1. The molecular formula is C50H52Cl2F2N4O4. The molecule has 62 heavy (non-hydrogen) atoms. The third-order valence-electron chi connectivity index (χ3n) is 10.3. The molecule has 2 aromatic heterocycles. The number of benzene rings is 4. The van der Waals surface area contributed by atoms with E-state index in [1.807, 2.05) is 73.7 Å². The molecule has 0 fully saturated rings. The number of hydrogen-bond acceptors (Lipinski definition) is 6. The van der Waals surface area contributed by atoms with Gasteiger partial charge in [-0.05, 0) is 125 Å². The Morgan fingerprint density at radius 1 is 0.565 bits per heavy atom. The molecule has 0 aliphatic heterocycles. The van der Waals surface area contributed by atoms with Crippen LogP contribution in [0, 0.1) is 11.6 Å². The number of ether oxygens (including phenoxy) is 2. The summed E-state index contributed by atoms with van der Waals surface area (Å²) >= 11 is 12.0. The van der Waals surface area contributed by atoms with Gasteiger partial charge in [0.2, 0.25) is 11.8 Å². The van der Waals surface area contributed by atoms with Crippen LogP contribution in [0.3, 0.4) is 0 Å². The van der Waals surface area contributed by atoms with E-state index in [-0.39, 0.29) is 23.8 Å². The van der Waals surface area contributed by atoms with Crippen molar-refractivity contribution in [2.45, 2.75) is 89.5 Å². The Labute approximate surface area is 373 Å². The van der Waals surface area contributed by atoms with Crippen LogP contribution in [-0.2, 0) is 22.4 Å². The standard InChI is InChI=1S/C25H25ClF2N2O2.C25H27ClN2O2/c1-16(30-24(31)25(2,3)32-23-6-4-5-11-29-23)22(12-17-7-9-19(26)10-8-17)18-13-20(27)15-21(28)14-18;1-18(28-24(29)25(2,3)30-23-11-7-8-16-27-23)22(20-9-5-4-6-10-20)17-19-12-14-21(26)15-13-19/h4-11,13-16,22H,12H2,1-3H3,(H,30,31);4-16,18,22H,17H2,1-3H3,(H,28,29). The average molecular weight is 882 g/mol. The van der Waals surface area contributed by atoms with Crippen LogP contribution < -0.4 is 20.1 Å². The summed E-state index contributed by atoms with van der Waals surface area (Å²) in [6.45, 7) is 10.6. The SMILES string of the molecule is CC(NC(=O)C(C)(C)Oc1ccccn1)C(Cc1ccc(Cl)cc1)c1cc(F)cc(F)c1.CC(NC(=O)C(C)(C)Oc1ccccn1)C(Cc1ccc(Cl)cc1)c1ccccc1. The summed E-state index contributed by atoms with van der Waals surface area (Å²) in [7, 11) is 0. The lowest BCUT2D eigenvalue weighted by Crippen LogP contribution is -2.51. The Hall–Kier alpha value is -5.84. The first kappa shape index (κ1) is 47.2. The third-order valence-corrected chi connectivity index (χ3v) is 10.8. The van der Waals surface area contributed by atoms with Gasteiger partial charge in [-0.1, -0.05) is 89.9 Å². The quantitative estimate of drug-likeness (QED) is 0.100. The summed E-state index contributed by atoms with van der Waals surface area (Å²) in [6.07, 6.45) is 4.45. The van der Waals surface area contributed by atoms with Gasteiger partial charge >= 0.3 is 0 Å². The van der Waals surface area contributed by atoms with Crippen LogP contribution >= 0.6 is 23.2 Å². The molecule has 0 saturated heterocycles. The smallest absolute Gasteiger partial charge is 0.263 e. The number of aromatic nitrogens is 2. The highest BCUT2D eigenvalue weighted by molar-refractivity contribution is 6.30. The van der Waals surface area contributed by atoms with E-state index in [0.29, 0.717) is 33.8 Å². The molecule has 6 rings (SSSR count). The van der Waals surface area contributed by atoms with Gasteiger partial charge in [-0.3, -0.25) is 9.59 Å².